The van der Waals surface area contributed by atoms with E-state index in [0.29, 0.717) is 6.42 Å². The Hall–Kier alpha value is -0.900. The molecule has 0 aromatic rings. The van der Waals surface area contributed by atoms with Crippen molar-refractivity contribution in [3.63, 3.8) is 0 Å². The zero-order valence-corrected chi connectivity index (χ0v) is 6.41. The first-order valence-corrected chi connectivity index (χ1v) is 3.65. The standard InChI is InChI=1S/C7H11NO3/c1-2-5-3-6(10)8(4-9)7(5)11/h5,9H,2-4H2,1H3. The summed E-state index contributed by atoms with van der Waals surface area (Å²) in [5.74, 6) is -0.695. The van der Waals surface area contributed by atoms with Gasteiger partial charge < -0.3 is 5.11 Å². The lowest BCUT2D eigenvalue weighted by Gasteiger charge is -2.09. The number of hydrogen-bond donors (Lipinski definition) is 1. The Kier molecular flexibility index (Phi) is 2.24. The number of carbonyl (C=O) groups excluding carboxylic acids is 2. The van der Waals surface area contributed by atoms with Gasteiger partial charge in [0.1, 0.15) is 6.73 Å². The highest BCUT2D eigenvalue weighted by atomic mass is 16.3. The first-order chi connectivity index (χ1) is 5.20. The van der Waals surface area contributed by atoms with Gasteiger partial charge in [-0.15, -0.1) is 0 Å². The van der Waals surface area contributed by atoms with E-state index in [1.54, 1.807) is 0 Å². The van der Waals surface area contributed by atoms with Gasteiger partial charge in [0.05, 0.1) is 0 Å². The molecule has 1 aliphatic heterocycles. The van der Waals surface area contributed by atoms with Crippen molar-refractivity contribution in [1.82, 2.24) is 4.90 Å². The summed E-state index contributed by atoms with van der Waals surface area (Å²) in [5.41, 5.74) is 0. The Balaban J connectivity index is 2.71. The zero-order chi connectivity index (χ0) is 8.43. The molecule has 1 fully saturated rings. The highest BCUT2D eigenvalue weighted by molar-refractivity contribution is 6.03. The topological polar surface area (TPSA) is 57.6 Å². The number of amides is 2. The third kappa shape index (κ3) is 1.26. The van der Waals surface area contributed by atoms with E-state index >= 15 is 0 Å². The summed E-state index contributed by atoms with van der Waals surface area (Å²) in [5, 5.41) is 8.60. The van der Waals surface area contributed by atoms with Gasteiger partial charge in [-0.25, -0.2) is 0 Å². The molecule has 0 aromatic carbocycles. The fourth-order valence-corrected chi connectivity index (χ4v) is 1.22. The third-order valence-electron chi connectivity index (χ3n) is 1.97. The second-order valence-corrected chi connectivity index (χ2v) is 2.61. The zero-order valence-electron chi connectivity index (χ0n) is 6.41. The van der Waals surface area contributed by atoms with Crippen LogP contribution in [-0.4, -0.2) is 28.6 Å². The lowest BCUT2D eigenvalue weighted by atomic mass is 10.1. The van der Waals surface area contributed by atoms with Crippen molar-refractivity contribution in [3.05, 3.63) is 0 Å². The summed E-state index contributed by atoms with van der Waals surface area (Å²) in [7, 11) is 0. The van der Waals surface area contributed by atoms with Crippen LogP contribution in [0.25, 0.3) is 0 Å². The lowest BCUT2D eigenvalue weighted by Crippen LogP contribution is -2.31. The molecule has 2 amide bonds. The molecule has 0 aliphatic carbocycles. The first-order valence-electron chi connectivity index (χ1n) is 3.65. The monoisotopic (exact) mass is 157 g/mol. The number of likely N-dealkylation sites (tertiary alicyclic amines) is 1. The number of rotatable bonds is 2. The molecular formula is C7H11NO3. The van der Waals surface area contributed by atoms with E-state index in [9.17, 15) is 9.59 Å². The van der Waals surface area contributed by atoms with Gasteiger partial charge in [0.2, 0.25) is 11.8 Å². The molecule has 1 unspecified atom stereocenters. The van der Waals surface area contributed by atoms with Crippen molar-refractivity contribution in [2.24, 2.45) is 5.92 Å². The molecule has 0 radical (unpaired) electrons. The molecule has 0 aromatic heterocycles. The number of imide groups is 1. The van der Waals surface area contributed by atoms with Gasteiger partial charge >= 0.3 is 0 Å². The fourth-order valence-electron chi connectivity index (χ4n) is 1.22. The number of aliphatic hydroxyl groups excluding tert-OH is 1. The molecule has 1 heterocycles. The van der Waals surface area contributed by atoms with E-state index in [2.05, 4.69) is 0 Å². The van der Waals surface area contributed by atoms with E-state index in [1.807, 2.05) is 6.92 Å². The lowest BCUT2D eigenvalue weighted by molar-refractivity contribution is -0.143. The molecule has 4 nitrogen and oxygen atoms in total. The normalized spacial score (nSPS) is 24.9. The first kappa shape index (κ1) is 8.20. The van der Waals surface area contributed by atoms with Crippen molar-refractivity contribution in [2.75, 3.05) is 6.73 Å². The largest absolute Gasteiger partial charge is 0.376 e. The van der Waals surface area contributed by atoms with Crippen molar-refractivity contribution in [1.29, 1.82) is 0 Å². The van der Waals surface area contributed by atoms with Crippen molar-refractivity contribution < 1.29 is 14.7 Å². The fraction of sp³-hybridized carbons (Fsp3) is 0.714. The van der Waals surface area contributed by atoms with Crippen molar-refractivity contribution in [3.8, 4) is 0 Å². The van der Waals surface area contributed by atoms with Gasteiger partial charge in [0.25, 0.3) is 0 Å². The molecule has 11 heavy (non-hydrogen) atoms. The summed E-state index contributed by atoms with van der Waals surface area (Å²) >= 11 is 0. The van der Waals surface area contributed by atoms with Crippen LogP contribution in [0.3, 0.4) is 0 Å². The predicted molar refractivity (Wildman–Crippen MR) is 37.3 cm³/mol. The summed E-state index contributed by atoms with van der Waals surface area (Å²) in [6, 6.07) is 0. The molecule has 1 atom stereocenters. The van der Waals surface area contributed by atoms with Gasteiger partial charge in [-0.2, -0.15) is 0 Å². The van der Waals surface area contributed by atoms with E-state index in [0.717, 1.165) is 4.90 Å². The smallest absolute Gasteiger partial charge is 0.234 e. The van der Waals surface area contributed by atoms with Crippen LogP contribution in [-0.2, 0) is 9.59 Å². The molecule has 1 rings (SSSR count). The average Bonchev–Trinajstić information content (AvgIpc) is 2.26. The van der Waals surface area contributed by atoms with Crippen LogP contribution in [0.1, 0.15) is 19.8 Å². The second-order valence-electron chi connectivity index (χ2n) is 2.61. The number of hydrogen-bond acceptors (Lipinski definition) is 3. The molecule has 1 saturated heterocycles. The van der Waals surface area contributed by atoms with Gasteiger partial charge in [-0.3, -0.25) is 14.5 Å². The predicted octanol–water partition coefficient (Wildman–Crippen LogP) is -0.279. The van der Waals surface area contributed by atoms with Crippen molar-refractivity contribution in [2.45, 2.75) is 19.8 Å². The average molecular weight is 157 g/mol. The number of carbonyl (C=O) groups is 2. The van der Waals surface area contributed by atoms with E-state index < -0.39 is 6.73 Å². The maximum atomic E-state index is 11.1. The molecule has 4 heteroatoms. The molecule has 1 aliphatic rings. The van der Waals surface area contributed by atoms with Crippen LogP contribution in [0.15, 0.2) is 0 Å². The Morgan fingerprint density at radius 1 is 1.64 bits per heavy atom. The van der Waals surface area contributed by atoms with Gasteiger partial charge in [0, 0.05) is 12.3 Å². The summed E-state index contributed by atoms with van der Waals surface area (Å²) in [6.07, 6.45) is 0.928. The molecular weight excluding hydrogens is 146 g/mol. The van der Waals surface area contributed by atoms with Crippen LogP contribution in [0.5, 0.6) is 0 Å². The van der Waals surface area contributed by atoms with Crippen LogP contribution in [0.4, 0.5) is 0 Å². The molecule has 62 valence electrons. The van der Waals surface area contributed by atoms with Crippen LogP contribution in [0, 0.1) is 5.92 Å². The van der Waals surface area contributed by atoms with Crippen LogP contribution >= 0.6 is 0 Å². The summed E-state index contributed by atoms with van der Waals surface area (Å²) < 4.78 is 0. The molecule has 0 spiro atoms. The highest BCUT2D eigenvalue weighted by Crippen LogP contribution is 2.21. The minimum absolute atomic E-state index is 0.199. The quantitative estimate of drug-likeness (QED) is 0.561. The summed E-state index contributed by atoms with van der Waals surface area (Å²) in [4.78, 5) is 23.0. The Morgan fingerprint density at radius 3 is 2.55 bits per heavy atom. The van der Waals surface area contributed by atoms with E-state index in [4.69, 9.17) is 5.11 Å². The van der Waals surface area contributed by atoms with Crippen molar-refractivity contribution >= 4 is 11.8 Å². The van der Waals surface area contributed by atoms with Gasteiger partial charge in [-0.05, 0) is 6.42 Å². The molecule has 0 saturated carbocycles. The number of aliphatic hydroxyl groups is 1. The Labute approximate surface area is 64.8 Å². The SMILES string of the molecule is CCC1CC(=O)N(CO)C1=O. The number of nitrogens with zero attached hydrogens (tertiary/aromatic N) is 1. The third-order valence-corrected chi connectivity index (χ3v) is 1.97. The maximum Gasteiger partial charge on any atom is 0.234 e. The van der Waals surface area contributed by atoms with Gasteiger partial charge in [0.15, 0.2) is 0 Å². The Morgan fingerprint density at radius 2 is 2.27 bits per heavy atom. The van der Waals surface area contributed by atoms with E-state index in [-0.39, 0.29) is 24.2 Å². The molecule has 1 N–H and O–H groups in total. The minimum atomic E-state index is -0.478. The second kappa shape index (κ2) is 3.00. The Bertz CT molecular complexity index is 190. The van der Waals surface area contributed by atoms with Crippen LogP contribution in [0.2, 0.25) is 0 Å². The van der Waals surface area contributed by atoms with Gasteiger partial charge in [-0.1, -0.05) is 6.92 Å². The maximum absolute atomic E-state index is 11.1. The van der Waals surface area contributed by atoms with Crippen LogP contribution < -0.4 is 0 Å². The highest BCUT2D eigenvalue weighted by Gasteiger charge is 2.36. The summed E-state index contributed by atoms with van der Waals surface area (Å²) in [6.45, 7) is 1.38. The minimum Gasteiger partial charge on any atom is -0.376 e. The molecule has 0 bridgehead atoms. The van der Waals surface area contributed by atoms with E-state index in [1.165, 1.54) is 0 Å².